The molecule has 0 radical (unpaired) electrons. The summed E-state index contributed by atoms with van der Waals surface area (Å²) in [5.74, 6) is 0. The second kappa shape index (κ2) is 5.11. The third-order valence-electron chi connectivity index (χ3n) is 2.65. The Morgan fingerprint density at radius 2 is 2.06 bits per heavy atom. The summed E-state index contributed by atoms with van der Waals surface area (Å²) >= 11 is 11.2. The molecule has 1 heterocycles. The van der Waals surface area contributed by atoms with E-state index in [9.17, 15) is 5.11 Å². The Kier molecular flexibility index (Phi) is 3.93. The van der Waals surface area contributed by atoms with Crippen LogP contribution in [0.5, 0.6) is 0 Å². The second-order valence-corrected chi connectivity index (χ2v) is 6.38. The van der Waals surface area contributed by atoms with Crippen LogP contribution in [0.25, 0.3) is 0 Å². The molecule has 1 N–H and O–H groups in total. The number of hydrogen-bond acceptors (Lipinski definition) is 2. The minimum Gasteiger partial charge on any atom is -0.385 e. The molecular weight excluding hydrogens is 320 g/mol. The molecule has 4 heteroatoms. The average Bonchev–Trinajstić information content (AvgIpc) is 2.64. The number of halogens is 2. The lowest BCUT2D eigenvalue weighted by molar-refractivity contribution is 0.0584. The molecule has 1 unspecified atom stereocenters. The average molecular weight is 332 g/mol. The van der Waals surface area contributed by atoms with Crippen molar-refractivity contribution in [2.24, 2.45) is 0 Å². The minimum atomic E-state index is -0.953. The van der Waals surface area contributed by atoms with Gasteiger partial charge in [-0.05, 0) is 40.4 Å². The standard InChI is InChI=1S/C13H12BrClOS/c1-13(16,8-12-10(14)6-7-17-12)9-4-2-3-5-11(9)15/h2-7,16H,8H2,1H3. The summed E-state index contributed by atoms with van der Waals surface area (Å²) in [4.78, 5) is 1.12. The van der Waals surface area contributed by atoms with Crippen molar-refractivity contribution in [1.29, 1.82) is 0 Å². The van der Waals surface area contributed by atoms with E-state index >= 15 is 0 Å². The number of thiophene rings is 1. The highest BCUT2D eigenvalue weighted by molar-refractivity contribution is 9.10. The Morgan fingerprint density at radius 3 is 2.65 bits per heavy atom. The maximum Gasteiger partial charge on any atom is 0.0931 e. The Bertz CT molecular complexity index is 522. The summed E-state index contributed by atoms with van der Waals surface area (Å²) < 4.78 is 1.04. The molecule has 0 aliphatic heterocycles. The molecule has 2 aromatic rings. The SMILES string of the molecule is CC(O)(Cc1sccc1Br)c1ccccc1Cl. The number of aliphatic hydroxyl groups is 1. The van der Waals surface area contributed by atoms with Gasteiger partial charge in [-0.1, -0.05) is 29.8 Å². The van der Waals surface area contributed by atoms with Gasteiger partial charge >= 0.3 is 0 Å². The van der Waals surface area contributed by atoms with Crippen LogP contribution < -0.4 is 0 Å². The lowest BCUT2D eigenvalue weighted by Gasteiger charge is -2.24. The van der Waals surface area contributed by atoms with Gasteiger partial charge < -0.3 is 5.11 Å². The zero-order valence-corrected chi connectivity index (χ0v) is 12.4. The molecule has 0 aliphatic rings. The molecule has 0 bridgehead atoms. The van der Waals surface area contributed by atoms with Crippen LogP contribution in [0.3, 0.4) is 0 Å². The summed E-state index contributed by atoms with van der Waals surface area (Å²) in [6.45, 7) is 1.79. The van der Waals surface area contributed by atoms with Gasteiger partial charge in [-0.25, -0.2) is 0 Å². The second-order valence-electron chi connectivity index (χ2n) is 4.12. The van der Waals surface area contributed by atoms with Crippen LogP contribution in [0.2, 0.25) is 5.02 Å². The van der Waals surface area contributed by atoms with Crippen molar-refractivity contribution < 1.29 is 5.11 Å². The van der Waals surface area contributed by atoms with Gasteiger partial charge in [0.25, 0.3) is 0 Å². The highest BCUT2D eigenvalue weighted by Crippen LogP contribution is 2.34. The molecular formula is C13H12BrClOS. The fraction of sp³-hybridized carbons (Fsp3) is 0.231. The van der Waals surface area contributed by atoms with E-state index in [2.05, 4.69) is 15.9 Å². The number of hydrogen-bond donors (Lipinski definition) is 1. The number of rotatable bonds is 3. The normalized spacial score (nSPS) is 14.6. The van der Waals surface area contributed by atoms with Crippen molar-refractivity contribution in [1.82, 2.24) is 0 Å². The molecule has 1 aromatic carbocycles. The van der Waals surface area contributed by atoms with Gasteiger partial charge in [0.15, 0.2) is 0 Å². The zero-order valence-electron chi connectivity index (χ0n) is 9.28. The highest BCUT2D eigenvalue weighted by Gasteiger charge is 2.27. The molecule has 17 heavy (non-hydrogen) atoms. The van der Waals surface area contributed by atoms with E-state index in [0.29, 0.717) is 11.4 Å². The van der Waals surface area contributed by atoms with Crippen molar-refractivity contribution in [2.75, 3.05) is 0 Å². The van der Waals surface area contributed by atoms with Crippen LogP contribution in [0.15, 0.2) is 40.2 Å². The molecule has 0 amide bonds. The summed E-state index contributed by atoms with van der Waals surface area (Å²) in [6.07, 6.45) is 0.551. The van der Waals surface area contributed by atoms with Crippen molar-refractivity contribution in [3.63, 3.8) is 0 Å². The third-order valence-corrected chi connectivity index (χ3v) is 4.91. The van der Waals surface area contributed by atoms with Crippen molar-refractivity contribution in [3.05, 3.63) is 55.6 Å². The highest BCUT2D eigenvalue weighted by atomic mass is 79.9. The van der Waals surface area contributed by atoms with E-state index in [1.165, 1.54) is 0 Å². The summed E-state index contributed by atoms with van der Waals surface area (Å²) in [5, 5.41) is 13.2. The third kappa shape index (κ3) is 2.91. The van der Waals surface area contributed by atoms with Gasteiger partial charge in [0.05, 0.1) is 5.60 Å². The van der Waals surface area contributed by atoms with Crippen LogP contribution in [0, 0.1) is 0 Å². The molecule has 0 saturated carbocycles. The smallest absolute Gasteiger partial charge is 0.0931 e. The van der Waals surface area contributed by atoms with Gasteiger partial charge in [0, 0.05) is 26.4 Å². The van der Waals surface area contributed by atoms with E-state index in [4.69, 9.17) is 11.6 Å². The molecule has 1 aromatic heterocycles. The molecule has 0 spiro atoms. The van der Waals surface area contributed by atoms with E-state index in [0.717, 1.165) is 14.9 Å². The first kappa shape index (κ1) is 13.1. The largest absolute Gasteiger partial charge is 0.385 e. The first-order valence-electron chi connectivity index (χ1n) is 5.20. The summed E-state index contributed by atoms with van der Waals surface area (Å²) in [6, 6.07) is 9.41. The van der Waals surface area contributed by atoms with Gasteiger partial charge in [-0.3, -0.25) is 0 Å². The van der Waals surface area contributed by atoms with Gasteiger partial charge in [-0.2, -0.15) is 0 Å². The Morgan fingerprint density at radius 1 is 1.35 bits per heavy atom. The van der Waals surface area contributed by atoms with Gasteiger partial charge in [-0.15, -0.1) is 11.3 Å². The van der Waals surface area contributed by atoms with Crippen LogP contribution in [-0.2, 0) is 12.0 Å². The van der Waals surface area contributed by atoms with Gasteiger partial charge in [0.2, 0.25) is 0 Å². The van der Waals surface area contributed by atoms with Crippen molar-refractivity contribution in [3.8, 4) is 0 Å². The van der Waals surface area contributed by atoms with E-state index in [1.807, 2.05) is 29.6 Å². The summed E-state index contributed by atoms with van der Waals surface area (Å²) in [7, 11) is 0. The van der Waals surface area contributed by atoms with E-state index < -0.39 is 5.60 Å². The van der Waals surface area contributed by atoms with E-state index in [1.54, 1.807) is 24.3 Å². The first-order valence-corrected chi connectivity index (χ1v) is 7.25. The monoisotopic (exact) mass is 330 g/mol. The maximum absolute atomic E-state index is 10.6. The van der Waals surface area contributed by atoms with Crippen molar-refractivity contribution >= 4 is 38.9 Å². The molecule has 90 valence electrons. The molecule has 0 saturated heterocycles. The first-order chi connectivity index (χ1) is 8.00. The number of benzene rings is 1. The summed E-state index contributed by atoms with van der Waals surface area (Å²) in [5.41, 5.74) is -0.187. The predicted molar refractivity (Wildman–Crippen MR) is 76.7 cm³/mol. The minimum absolute atomic E-state index is 0.551. The zero-order chi connectivity index (χ0) is 12.5. The Hall–Kier alpha value is -0.350. The van der Waals surface area contributed by atoms with Gasteiger partial charge in [0.1, 0.15) is 0 Å². The lowest BCUT2D eigenvalue weighted by atomic mass is 9.92. The topological polar surface area (TPSA) is 20.2 Å². The molecule has 1 nitrogen and oxygen atoms in total. The Labute approximate surface area is 118 Å². The van der Waals surface area contributed by atoms with E-state index in [-0.39, 0.29) is 0 Å². The van der Waals surface area contributed by atoms with Crippen molar-refractivity contribution in [2.45, 2.75) is 18.9 Å². The molecule has 1 atom stereocenters. The molecule has 2 rings (SSSR count). The fourth-order valence-electron chi connectivity index (χ4n) is 1.76. The fourth-order valence-corrected chi connectivity index (χ4v) is 3.74. The molecule has 0 aliphatic carbocycles. The predicted octanol–water partition coefficient (Wildman–Crippen LogP) is 4.61. The molecule has 0 fully saturated rings. The van der Waals surface area contributed by atoms with Crippen LogP contribution in [0.4, 0.5) is 0 Å². The van der Waals surface area contributed by atoms with Crippen LogP contribution >= 0.6 is 38.9 Å². The lowest BCUT2D eigenvalue weighted by Crippen LogP contribution is -2.24. The Balaban J connectivity index is 2.31. The van der Waals surface area contributed by atoms with Crippen LogP contribution in [-0.4, -0.2) is 5.11 Å². The van der Waals surface area contributed by atoms with Crippen LogP contribution in [0.1, 0.15) is 17.4 Å². The maximum atomic E-state index is 10.6. The quantitative estimate of drug-likeness (QED) is 0.870.